The van der Waals surface area contributed by atoms with Gasteiger partial charge in [-0.1, -0.05) is 13.3 Å². The van der Waals surface area contributed by atoms with E-state index in [9.17, 15) is 19.2 Å². The van der Waals surface area contributed by atoms with Crippen molar-refractivity contribution in [2.24, 2.45) is 0 Å². The van der Waals surface area contributed by atoms with Crippen molar-refractivity contribution in [1.29, 1.82) is 0 Å². The Kier molecular flexibility index (Phi) is 7.97. The minimum Gasteiger partial charge on any atom is -0.483 e. The molecule has 1 aromatic carbocycles. The zero-order valence-electron chi connectivity index (χ0n) is 16.9. The second kappa shape index (κ2) is 10.4. The molecule has 3 N–H and O–H groups in total. The summed E-state index contributed by atoms with van der Waals surface area (Å²) in [6, 6.07) is 3.58. The van der Waals surface area contributed by atoms with Crippen molar-refractivity contribution in [2.45, 2.75) is 52.0 Å². The lowest BCUT2D eigenvalue weighted by molar-refractivity contribution is -0.143. The molecule has 1 atom stereocenters. The zero-order valence-corrected chi connectivity index (χ0v) is 16.9. The van der Waals surface area contributed by atoms with Crippen molar-refractivity contribution in [2.75, 3.05) is 6.61 Å². The summed E-state index contributed by atoms with van der Waals surface area (Å²) in [5.41, 5.74) is 1.36. The number of aryl methyl sites for hydroxylation is 2. The van der Waals surface area contributed by atoms with E-state index in [1.54, 1.807) is 19.1 Å². The van der Waals surface area contributed by atoms with E-state index in [1.165, 1.54) is 6.07 Å². The minimum atomic E-state index is -1.33. The molecule has 162 valence electrons. The lowest BCUT2D eigenvalue weighted by Crippen LogP contribution is -2.43. The van der Waals surface area contributed by atoms with Crippen LogP contribution in [0.15, 0.2) is 27.4 Å². The maximum Gasteiger partial charge on any atom is 0.336 e. The number of unbranched alkanes of at least 4 members (excludes halogenated alkanes) is 1. The lowest BCUT2D eigenvalue weighted by Gasteiger charge is -2.15. The summed E-state index contributed by atoms with van der Waals surface area (Å²) in [6.45, 7) is 3.30. The molecule has 0 saturated heterocycles. The maximum atomic E-state index is 12.1. The molecule has 0 aliphatic carbocycles. The highest BCUT2D eigenvalue weighted by molar-refractivity contribution is 5.86. The number of hydrogen-bond donors (Lipinski definition) is 3. The summed E-state index contributed by atoms with van der Waals surface area (Å²) < 4.78 is 10.8. The number of carboxylic acids is 2. The number of aliphatic carboxylic acids is 2. The van der Waals surface area contributed by atoms with Gasteiger partial charge in [0.1, 0.15) is 17.4 Å². The van der Waals surface area contributed by atoms with E-state index in [0.29, 0.717) is 16.9 Å². The van der Waals surface area contributed by atoms with Crippen LogP contribution in [0, 0.1) is 6.92 Å². The molecule has 1 aromatic heterocycles. The Balaban J connectivity index is 2.13. The predicted octanol–water partition coefficient (Wildman–Crippen LogP) is 2.26. The number of rotatable bonds is 11. The molecular weight excluding hydrogens is 394 g/mol. The highest BCUT2D eigenvalue weighted by Crippen LogP contribution is 2.29. The number of carbonyl (C=O) groups is 3. The number of nitrogens with one attached hydrogen (secondary N) is 1. The molecular formula is C21H25NO8. The fourth-order valence-electron chi connectivity index (χ4n) is 3.04. The Bertz CT molecular complexity index is 994. The average Bonchev–Trinajstić information content (AvgIpc) is 2.68. The van der Waals surface area contributed by atoms with Crippen LogP contribution in [0.2, 0.25) is 0 Å². The Morgan fingerprint density at radius 1 is 1.23 bits per heavy atom. The van der Waals surface area contributed by atoms with Crippen LogP contribution >= 0.6 is 0 Å². The molecule has 0 bridgehead atoms. The number of ether oxygens (including phenoxy) is 1. The Morgan fingerprint density at radius 3 is 2.60 bits per heavy atom. The van der Waals surface area contributed by atoms with E-state index in [-0.39, 0.29) is 12.8 Å². The molecule has 0 aliphatic rings. The van der Waals surface area contributed by atoms with E-state index < -0.39 is 36.1 Å². The van der Waals surface area contributed by atoms with Gasteiger partial charge in [0.15, 0.2) is 6.61 Å². The molecule has 2 rings (SSSR count). The van der Waals surface area contributed by atoms with Gasteiger partial charge < -0.3 is 24.7 Å². The van der Waals surface area contributed by atoms with Crippen LogP contribution in [0.25, 0.3) is 11.0 Å². The summed E-state index contributed by atoms with van der Waals surface area (Å²) in [5.74, 6) is -2.86. The highest BCUT2D eigenvalue weighted by Gasteiger charge is 2.21. The smallest absolute Gasteiger partial charge is 0.336 e. The fraction of sp³-hybridized carbons (Fsp3) is 0.429. The molecule has 9 heteroatoms. The Morgan fingerprint density at radius 2 is 1.97 bits per heavy atom. The quantitative estimate of drug-likeness (QED) is 0.471. The van der Waals surface area contributed by atoms with Gasteiger partial charge in [-0.2, -0.15) is 0 Å². The number of fused-ring (bicyclic) bond motifs is 1. The largest absolute Gasteiger partial charge is 0.483 e. The minimum absolute atomic E-state index is 0.239. The summed E-state index contributed by atoms with van der Waals surface area (Å²) in [7, 11) is 0. The SMILES string of the molecule is CCCCc1cc(=O)oc2c(C)c(OCC(=O)N[C@@H](CCC(=O)O)C(=O)O)ccc12. The summed E-state index contributed by atoms with van der Waals surface area (Å²) in [6.07, 6.45) is 2.04. The van der Waals surface area contributed by atoms with E-state index in [0.717, 1.165) is 30.2 Å². The van der Waals surface area contributed by atoms with Gasteiger partial charge in [-0.15, -0.1) is 0 Å². The number of hydrogen-bond acceptors (Lipinski definition) is 6. The van der Waals surface area contributed by atoms with Crippen LogP contribution < -0.4 is 15.7 Å². The van der Waals surface area contributed by atoms with Crippen LogP contribution in [0.4, 0.5) is 0 Å². The highest BCUT2D eigenvalue weighted by atomic mass is 16.5. The summed E-state index contributed by atoms with van der Waals surface area (Å²) in [4.78, 5) is 45.8. The number of amides is 1. The van der Waals surface area contributed by atoms with Crippen LogP contribution in [0.5, 0.6) is 5.75 Å². The predicted molar refractivity (Wildman–Crippen MR) is 108 cm³/mol. The van der Waals surface area contributed by atoms with Gasteiger partial charge in [-0.05, 0) is 43.9 Å². The van der Waals surface area contributed by atoms with Crippen molar-refractivity contribution in [1.82, 2.24) is 5.32 Å². The average molecular weight is 419 g/mol. The van der Waals surface area contributed by atoms with Crippen LogP contribution in [0.3, 0.4) is 0 Å². The van der Waals surface area contributed by atoms with Gasteiger partial charge in [-0.3, -0.25) is 9.59 Å². The lowest BCUT2D eigenvalue weighted by atomic mass is 10.0. The Labute approximate surface area is 172 Å². The van der Waals surface area contributed by atoms with E-state index in [4.69, 9.17) is 19.4 Å². The van der Waals surface area contributed by atoms with Crippen molar-refractivity contribution < 1.29 is 33.8 Å². The molecule has 1 heterocycles. The van der Waals surface area contributed by atoms with Crippen LogP contribution in [-0.2, 0) is 20.8 Å². The van der Waals surface area contributed by atoms with Gasteiger partial charge >= 0.3 is 17.6 Å². The van der Waals surface area contributed by atoms with E-state index >= 15 is 0 Å². The first-order valence-corrected chi connectivity index (χ1v) is 9.66. The third kappa shape index (κ3) is 6.07. The first kappa shape index (κ1) is 22.9. The van der Waals surface area contributed by atoms with E-state index in [2.05, 4.69) is 12.2 Å². The molecule has 30 heavy (non-hydrogen) atoms. The Hall–Kier alpha value is -3.36. The molecule has 0 spiro atoms. The molecule has 9 nitrogen and oxygen atoms in total. The number of carbonyl (C=O) groups excluding carboxylic acids is 1. The second-order valence-corrected chi connectivity index (χ2v) is 6.94. The van der Waals surface area contributed by atoms with Crippen molar-refractivity contribution in [3.63, 3.8) is 0 Å². The van der Waals surface area contributed by atoms with Gasteiger partial charge in [0.05, 0.1) is 0 Å². The third-order valence-electron chi connectivity index (χ3n) is 4.64. The number of carboxylic acid groups (broad SMARTS) is 2. The second-order valence-electron chi connectivity index (χ2n) is 6.94. The van der Waals surface area contributed by atoms with Gasteiger partial charge in [0.2, 0.25) is 0 Å². The van der Waals surface area contributed by atoms with E-state index in [1.807, 2.05) is 0 Å². The standard InChI is InChI=1S/C21H25NO8/c1-3-4-5-13-10-19(26)30-20-12(2)16(8-6-14(13)20)29-11-17(23)22-15(21(27)28)7-9-18(24)25/h6,8,10,15H,3-5,7,9,11H2,1-2H3,(H,22,23)(H,24,25)(H,27,28)/t15-/m0/s1. The molecule has 0 saturated carbocycles. The maximum absolute atomic E-state index is 12.1. The summed E-state index contributed by atoms with van der Waals surface area (Å²) >= 11 is 0. The van der Waals surface area contributed by atoms with Crippen molar-refractivity contribution in [3.05, 3.63) is 39.7 Å². The molecule has 0 unspecified atom stereocenters. The van der Waals surface area contributed by atoms with Crippen molar-refractivity contribution >= 4 is 28.8 Å². The van der Waals surface area contributed by atoms with Gasteiger partial charge in [0, 0.05) is 23.4 Å². The summed E-state index contributed by atoms with van der Waals surface area (Å²) in [5, 5.41) is 20.8. The topological polar surface area (TPSA) is 143 Å². The van der Waals surface area contributed by atoms with Crippen LogP contribution in [-0.4, -0.2) is 40.7 Å². The zero-order chi connectivity index (χ0) is 22.3. The molecule has 0 aliphatic heterocycles. The fourth-order valence-corrected chi connectivity index (χ4v) is 3.04. The third-order valence-corrected chi connectivity index (χ3v) is 4.64. The molecule has 1 amide bonds. The first-order chi connectivity index (χ1) is 14.2. The molecule has 0 radical (unpaired) electrons. The monoisotopic (exact) mass is 419 g/mol. The number of benzene rings is 1. The molecule has 2 aromatic rings. The first-order valence-electron chi connectivity index (χ1n) is 9.66. The van der Waals surface area contributed by atoms with Gasteiger partial charge in [-0.25, -0.2) is 9.59 Å². The normalized spacial score (nSPS) is 11.8. The van der Waals surface area contributed by atoms with Gasteiger partial charge in [0.25, 0.3) is 5.91 Å². The van der Waals surface area contributed by atoms with Crippen LogP contribution in [0.1, 0.15) is 43.7 Å². The van der Waals surface area contributed by atoms with Crippen molar-refractivity contribution in [3.8, 4) is 5.75 Å². The molecule has 0 fully saturated rings.